The summed E-state index contributed by atoms with van der Waals surface area (Å²) < 4.78 is 22.5. The number of ketones is 2. The van der Waals surface area contributed by atoms with Crippen LogP contribution in [0.4, 0.5) is 0 Å². The van der Waals surface area contributed by atoms with Gasteiger partial charge in [0, 0.05) is 40.0 Å². The topological polar surface area (TPSA) is 139 Å². The molecule has 3 aliphatic rings. The summed E-state index contributed by atoms with van der Waals surface area (Å²) in [7, 11) is 0. The summed E-state index contributed by atoms with van der Waals surface area (Å²) in [6.45, 7) is 11.9. The van der Waals surface area contributed by atoms with Crippen LogP contribution < -0.4 is 0 Å². The predicted octanol–water partition coefficient (Wildman–Crippen LogP) is 2.95. The fourth-order valence-corrected chi connectivity index (χ4v) is 6.24. The molecule has 1 fully saturated rings. The molecule has 4 bridgehead atoms. The first-order valence-corrected chi connectivity index (χ1v) is 12.7. The molecule has 3 rings (SSSR count). The fraction of sp³-hybridized carbons (Fsp3) is 0.643. The van der Waals surface area contributed by atoms with Crippen molar-refractivity contribution in [2.24, 2.45) is 16.7 Å². The van der Waals surface area contributed by atoms with Gasteiger partial charge in [0.25, 0.3) is 0 Å². The van der Waals surface area contributed by atoms with Gasteiger partial charge in [-0.25, -0.2) is 0 Å². The Hall–Kier alpha value is -3.30. The van der Waals surface area contributed by atoms with Crippen LogP contribution in [0.15, 0.2) is 22.8 Å². The highest BCUT2D eigenvalue weighted by atomic mass is 16.6. The van der Waals surface area contributed by atoms with Crippen LogP contribution in [0.1, 0.15) is 74.7 Å². The molecule has 1 saturated carbocycles. The Morgan fingerprint density at radius 1 is 0.842 bits per heavy atom. The number of carbonyl (C=O) groups excluding carboxylic acids is 6. The minimum atomic E-state index is -1.45. The van der Waals surface area contributed by atoms with Gasteiger partial charge in [0.15, 0.2) is 17.7 Å². The zero-order valence-corrected chi connectivity index (χ0v) is 23.2. The number of fused-ring (bicyclic) bond motifs is 4. The fourth-order valence-electron chi connectivity index (χ4n) is 6.24. The highest BCUT2D eigenvalue weighted by Crippen LogP contribution is 2.53. The highest BCUT2D eigenvalue weighted by molar-refractivity contribution is 6.02. The number of allylic oxidation sites excluding steroid dienone is 1. The van der Waals surface area contributed by atoms with Crippen LogP contribution in [0.3, 0.4) is 0 Å². The molecule has 0 radical (unpaired) electrons. The van der Waals surface area contributed by atoms with E-state index in [4.69, 9.17) is 18.9 Å². The maximum atomic E-state index is 14.4. The number of esters is 4. The monoisotopic (exact) mass is 532 g/mol. The molecule has 38 heavy (non-hydrogen) atoms. The van der Waals surface area contributed by atoms with Crippen molar-refractivity contribution >= 4 is 35.4 Å². The van der Waals surface area contributed by atoms with Crippen molar-refractivity contribution in [1.82, 2.24) is 0 Å². The minimum Gasteiger partial charge on any atom is -0.461 e. The molecule has 208 valence electrons. The van der Waals surface area contributed by atoms with Gasteiger partial charge in [-0.3, -0.25) is 28.8 Å². The molecule has 0 aromatic carbocycles. The van der Waals surface area contributed by atoms with Crippen LogP contribution in [0.25, 0.3) is 0 Å². The van der Waals surface area contributed by atoms with Crippen molar-refractivity contribution in [2.45, 2.75) is 99.1 Å². The van der Waals surface area contributed by atoms with Gasteiger partial charge in [-0.05, 0) is 54.9 Å². The van der Waals surface area contributed by atoms with Crippen molar-refractivity contribution in [3.05, 3.63) is 22.8 Å². The lowest BCUT2D eigenvalue weighted by molar-refractivity contribution is -0.170. The lowest BCUT2D eigenvalue weighted by Crippen LogP contribution is -2.56. The molecule has 0 aromatic heterocycles. The van der Waals surface area contributed by atoms with Gasteiger partial charge in [0.1, 0.15) is 18.3 Å². The van der Waals surface area contributed by atoms with Gasteiger partial charge in [0.05, 0.1) is 5.41 Å². The summed E-state index contributed by atoms with van der Waals surface area (Å²) in [4.78, 5) is 76.1. The molecule has 0 saturated heterocycles. The van der Waals surface area contributed by atoms with E-state index in [0.29, 0.717) is 11.1 Å². The van der Waals surface area contributed by atoms with Crippen molar-refractivity contribution < 1.29 is 47.7 Å². The predicted molar refractivity (Wildman–Crippen MR) is 132 cm³/mol. The van der Waals surface area contributed by atoms with Crippen LogP contribution >= 0.6 is 0 Å². The molecule has 10 heteroatoms. The van der Waals surface area contributed by atoms with Crippen LogP contribution in [-0.4, -0.2) is 59.9 Å². The molecule has 0 aliphatic heterocycles. The maximum Gasteiger partial charge on any atom is 0.303 e. The second-order valence-corrected chi connectivity index (χ2v) is 11.2. The maximum absolute atomic E-state index is 14.4. The van der Waals surface area contributed by atoms with E-state index >= 15 is 0 Å². The Balaban J connectivity index is 2.39. The van der Waals surface area contributed by atoms with E-state index in [-0.39, 0.29) is 30.6 Å². The second kappa shape index (κ2) is 10.5. The lowest BCUT2D eigenvalue weighted by Gasteiger charge is -2.50. The first-order chi connectivity index (χ1) is 17.5. The zero-order valence-electron chi connectivity index (χ0n) is 23.2. The Labute approximate surface area is 222 Å². The van der Waals surface area contributed by atoms with Crippen LogP contribution in [-0.2, 0) is 47.7 Å². The summed E-state index contributed by atoms with van der Waals surface area (Å²) in [5.74, 6) is -3.93. The standard InChI is InChI=1S/C28H36O10/c1-13-21(35-14(2)29)10-19-22(36-15(3)30)9-18-12-28(8,23(11-20(18)33)37-16(4)31)26(34)25(38-17(5)32)24(13)27(19,6)7/h9,19,21-23,25H,10-12H2,1-8H3/b18-9+/t19-,21-,22-,23-,25+,28-/m0/s1. The quantitative estimate of drug-likeness (QED) is 0.302. The lowest BCUT2D eigenvalue weighted by atomic mass is 9.57. The third kappa shape index (κ3) is 5.44. The van der Waals surface area contributed by atoms with E-state index < -0.39 is 70.8 Å². The molecule has 0 N–H and O–H groups in total. The van der Waals surface area contributed by atoms with Gasteiger partial charge in [0.2, 0.25) is 0 Å². The van der Waals surface area contributed by atoms with Gasteiger partial charge in [-0.1, -0.05) is 13.8 Å². The van der Waals surface area contributed by atoms with Crippen molar-refractivity contribution in [2.75, 3.05) is 0 Å². The summed E-state index contributed by atoms with van der Waals surface area (Å²) in [6.07, 6.45) is -2.78. The summed E-state index contributed by atoms with van der Waals surface area (Å²) >= 11 is 0. The Bertz CT molecular complexity index is 1140. The molecular weight excluding hydrogens is 496 g/mol. The van der Waals surface area contributed by atoms with Gasteiger partial charge in [-0.15, -0.1) is 0 Å². The largest absolute Gasteiger partial charge is 0.461 e. The Morgan fingerprint density at radius 2 is 1.39 bits per heavy atom. The second-order valence-electron chi connectivity index (χ2n) is 11.2. The first-order valence-electron chi connectivity index (χ1n) is 12.7. The van der Waals surface area contributed by atoms with E-state index in [1.165, 1.54) is 27.7 Å². The number of rotatable bonds is 4. The number of hydrogen-bond donors (Lipinski definition) is 0. The van der Waals surface area contributed by atoms with E-state index in [1.54, 1.807) is 19.9 Å². The molecule has 6 atom stereocenters. The molecule has 0 unspecified atom stereocenters. The summed E-state index contributed by atoms with van der Waals surface area (Å²) in [5.41, 5.74) is -1.14. The average Bonchev–Trinajstić information content (AvgIpc) is 2.75. The number of carbonyl (C=O) groups is 6. The van der Waals surface area contributed by atoms with Crippen molar-refractivity contribution in [3.8, 4) is 0 Å². The van der Waals surface area contributed by atoms with E-state index in [9.17, 15) is 28.8 Å². The molecular formula is C28H36O10. The molecule has 0 amide bonds. The first kappa shape index (κ1) is 29.3. The van der Waals surface area contributed by atoms with Gasteiger partial charge < -0.3 is 18.9 Å². The zero-order chi connectivity index (χ0) is 28.7. The van der Waals surface area contributed by atoms with Crippen molar-refractivity contribution in [3.63, 3.8) is 0 Å². The summed E-state index contributed by atoms with van der Waals surface area (Å²) in [5, 5.41) is 0. The normalized spacial score (nSPS) is 33.9. The molecule has 3 aliphatic carbocycles. The summed E-state index contributed by atoms with van der Waals surface area (Å²) in [6, 6.07) is 0. The van der Waals surface area contributed by atoms with Gasteiger partial charge in [-0.2, -0.15) is 0 Å². The van der Waals surface area contributed by atoms with E-state index in [2.05, 4.69) is 0 Å². The third-order valence-corrected chi connectivity index (χ3v) is 8.02. The smallest absolute Gasteiger partial charge is 0.303 e. The molecule has 10 nitrogen and oxygen atoms in total. The van der Waals surface area contributed by atoms with Crippen LogP contribution in [0, 0.1) is 16.7 Å². The highest BCUT2D eigenvalue weighted by Gasteiger charge is 2.58. The average molecular weight is 533 g/mol. The van der Waals surface area contributed by atoms with E-state index in [1.807, 2.05) is 13.8 Å². The van der Waals surface area contributed by atoms with Crippen LogP contribution in [0.2, 0.25) is 0 Å². The number of Topliss-reactive ketones (excluding diaryl/α,β-unsaturated/α-hetero) is 2. The number of ether oxygens (including phenoxy) is 4. The Morgan fingerprint density at radius 3 is 1.92 bits per heavy atom. The van der Waals surface area contributed by atoms with Gasteiger partial charge >= 0.3 is 23.9 Å². The third-order valence-electron chi connectivity index (χ3n) is 8.02. The minimum absolute atomic E-state index is 0.106. The van der Waals surface area contributed by atoms with Crippen molar-refractivity contribution in [1.29, 1.82) is 0 Å². The number of hydrogen-bond acceptors (Lipinski definition) is 10. The molecule has 0 aromatic rings. The van der Waals surface area contributed by atoms with Crippen LogP contribution in [0.5, 0.6) is 0 Å². The SMILES string of the molecule is CC(=O)O[C@H]1C(=O)[C@@]2(C)C/C(=C\[C@H](OC(C)=O)[C@@H]3C[C@H](OC(C)=O)C(C)=C1C3(C)C)C(=O)C[C@@H]2OC(C)=O. The molecule has 0 spiro atoms. The van der Waals surface area contributed by atoms with E-state index in [0.717, 1.165) is 0 Å². The molecule has 0 heterocycles. The Kier molecular flexibility index (Phi) is 8.05.